The molecule has 1 N–H and O–H groups in total. The van der Waals surface area contributed by atoms with Gasteiger partial charge in [-0.2, -0.15) is 0 Å². The highest BCUT2D eigenvalue weighted by Crippen LogP contribution is 2.25. The molecule has 0 spiro atoms. The zero-order valence-electron chi connectivity index (χ0n) is 15.2. The number of H-pyrrole nitrogens is 1. The zero-order chi connectivity index (χ0) is 16.9. The van der Waals surface area contributed by atoms with Crippen LogP contribution in [0.2, 0.25) is 0 Å². The lowest BCUT2D eigenvalue weighted by atomic mass is 9.99. The summed E-state index contributed by atoms with van der Waals surface area (Å²) >= 11 is 0. The third-order valence-corrected chi connectivity index (χ3v) is 4.80. The highest BCUT2D eigenvalue weighted by molar-refractivity contribution is 5.86. The van der Waals surface area contributed by atoms with Crippen molar-refractivity contribution in [3.8, 4) is 0 Å². The van der Waals surface area contributed by atoms with E-state index in [1.54, 1.807) is 0 Å². The normalized spacial score (nSPS) is 17.7. The van der Waals surface area contributed by atoms with Crippen molar-refractivity contribution >= 4 is 10.9 Å². The molecule has 1 aliphatic heterocycles. The number of rotatable bonds is 7. The summed E-state index contributed by atoms with van der Waals surface area (Å²) in [6.07, 6.45) is 6.82. The summed E-state index contributed by atoms with van der Waals surface area (Å²) in [5.41, 5.74) is 4.04. The van der Waals surface area contributed by atoms with Gasteiger partial charge < -0.3 is 19.4 Å². The molecule has 1 saturated heterocycles. The SMILES string of the molecule is CC(Cc1cccc2[nH]cc(CCN(C)C)c12)OC1CCOCC1. The van der Waals surface area contributed by atoms with Crippen LogP contribution in [0.15, 0.2) is 24.4 Å². The van der Waals surface area contributed by atoms with Gasteiger partial charge in [-0.05, 0) is 63.9 Å². The predicted octanol–water partition coefficient (Wildman–Crippen LogP) is 3.40. The molecule has 0 amide bonds. The van der Waals surface area contributed by atoms with Gasteiger partial charge in [-0.15, -0.1) is 0 Å². The predicted molar refractivity (Wildman–Crippen MR) is 98.6 cm³/mol. The van der Waals surface area contributed by atoms with Gasteiger partial charge in [-0.25, -0.2) is 0 Å². The molecule has 4 heteroatoms. The van der Waals surface area contributed by atoms with Crippen LogP contribution in [0.3, 0.4) is 0 Å². The van der Waals surface area contributed by atoms with Gasteiger partial charge in [0.05, 0.1) is 12.2 Å². The number of likely N-dealkylation sites (N-methyl/N-ethyl adjacent to an activating group) is 1. The van der Waals surface area contributed by atoms with Gasteiger partial charge in [-0.1, -0.05) is 12.1 Å². The Morgan fingerprint density at radius 2 is 2.04 bits per heavy atom. The first-order chi connectivity index (χ1) is 11.6. The molecule has 24 heavy (non-hydrogen) atoms. The van der Waals surface area contributed by atoms with E-state index in [1.165, 1.54) is 22.0 Å². The summed E-state index contributed by atoms with van der Waals surface area (Å²) in [6.45, 7) is 4.93. The average molecular weight is 330 g/mol. The van der Waals surface area contributed by atoms with Gasteiger partial charge in [0.1, 0.15) is 0 Å². The zero-order valence-corrected chi connectivity index (χ0v) is 15.2. The fourth-order valence-electron chi connectivity index (χ4n) is 3.55. The summed E-state index contributed by atoms with van der Waals surface area (Å²) < 4.78 is 11.7. The molecule has 0 saturated carbocycles. The number of nitrogens with one attached hydrogen (secondary N) is 1. The topological polar surface area (TPSA) is 37.5 Å². The molecule has 0 bridgehead atoms. The van der Waals surface area contributed by atoms with Gasteiger partial charge in [0.2, 0.25) is 0 Å². The highest BCUT2D eigenvalue weighted by Gasteiger charge is 2.18. The second-order valence-electron chi connectivity index (χ2n) is 7.17. The maximum absolute atomic E-state index is 6.26. The van der Waals surface area contributed by atoms with Crippen LogP contribution >= 0.6 is 0 Å². The van der Waals surface area contributed by atoms with Gasteiger partial charge in [0.25, 0.3) is 0 Å². The fourth-order valence-corrected chi connectivity index (χ4v) is 3.55. The number of fused-ring (bicyclic) bond motifs is 1. The molecular weight excluding hydrogens is 300 g/mol. The quantitative estimate of drug-likeness (QED) is 0.845. The van der Waals surface area contributed by atoms with Crippen molar-refractivity contribution in [3.05, 3.63) is 35.5 Å². The van der Waals surface area contributed by atoms with E-state index in [-0.39, 0.29) is 6.10 Å². The van der Waals surface area contributed by atoms with Crippen LogP contribution < -0.4 is 0 Å². The van der Waals surface area contributed by atoms with Crippen molar-refractivity contribution in [2.24, 2.45) is 0 Å². The number of hydrogen-bond acceptors (Lipinski definition) is 3. The van der Waals surface area contributed by atoms with E-state index in [0.29, 0.717) is 6.10 Å². The largest absolute Gasteiger partial charge is 0.381 e. The van der Waals surface area contributed by atoms with Crippen molar-refractivity contribution in [1.82, 2.24) is 9.88 Å². The third kappa shape index (κ3) is 4.38. The first-order valence-corrected chi connectivity index (χ1v) is 9.09. The minimum atomic E-state index is 0.232. The molecule has 132 valence electrons. The molecule has 2 aromatic rings. The Morgan fingerprint density at radius 1 is 1.25 bits per heavy atom. The molecule has 1 atom stereocenters. The minimum Gasteiger partial charge on any atom is -0.381 e. The van der Waals surface area contributed by atoms with Gasteiger partial charge >= 0.3 is 0 Å². The van der Waals surface area contributed by atoms with E-state index in [2.05, 4.69) is 55.3 Å². The number of aromatic nitrogens is 1. The molecule has 1 fully saturated rings. The number of hydrogen-bond donors (Lipinski definition) is 1. The number of benzene rings is 1. The number of ether oxygens (including phenoxy) is 2. The van der Waals surface area contributed by atoms with Crippen molar-refractivity contribution in [1.29, 1.82) is 0 Å². The number of aromatic amines is 1. The molecule has 4 nitrogen and oxygen atoms in total. The lowest BCUT2D eigenvalue weighted by Crippen LogP contribution is -2.28. The highest BCUT2D eigenvalue weighted by atomic mass is 16.5. The van der Waals surface area contributed by atoms with Crippen molar-refractivity contribution in [2.45, 2.75) is 44.8 Å². The Bertz CT molecular complexity index is 644. The summed E-state index contributed by atoms with van der Waals surface area (Å²) in [6, 6.07) is 6.56. The van der Waals surface area contributed by atoms with Crippen LogP contribution in [0, 0.1) is 0 Å². The second kappa shape index (κ2) is 8.15. The van der Waals surface area contributed by atoms with Crippen LogP contribution in [0.4, 0.5) is 0 Å². The van der Waals surface area contributed by atoms with E-state index in [9.17, 15) is 0 Å². The standard InChI is InChI=1S/C20H30N2O2/c1-15(24-18-8-11-23-12-9-18)13-16-5-4-6-19-20(16)17(14-21-19)7-10-22(2)3/h4-6,14-15,18,21H,7-13H2,1-3H3. The first kappa shape index (κ1) is 17.5. The molecule has 3 rings (SSSR count). The summed E-state index contributed by atoms with van der Waals surface area (Å²) in [7, 11) is 4.25. The lowest BCUT2D eigenvalue weighted by Gasteiger charge is -2.26. The van der Waals surface area contributed by atoms with E-state index in [1.807, 2.05) is 0 Å². The molecule has 1 aromatic heterocycles. The van der Waals surface area contributed by atoms with Crippen molar-refractivity contribution in [3.63, 3.8) is 0 Å². The second-order valence-corrected chi connectivity index (χ2v) is 7.17. The van der Waals surface area contributed by atoms with Gasteiger partial charge in [0, 0.05) is 36.9 Å². The molecule has 1 aliphatic rings. The van der Waals surface area contributed by atoms with E-state index in [0.717, 1.165) is 45.4 Å². The summed E-state index contributed by atoms with van der Waals surface area (Å²) in [5.74, 6) is 0. The molecule has 1 aromatic carbocycles. The summed E-state index contributed by atoms with van der Waals surface area (Å²) in [5, 5.41) is 1.39. The Kier molecular flexibility index (Phi) is 5.93. The van der Waals surface area contributed by atoms with E-state index in [4.69, 9.17) is 9.47 Å². The fraction of sp³-hybridized carbons (Fsp3) is 0.600. The van der Waals surface area contributed by atoms with Crippen molar-refractivity contribution in [2.75, 3.05) is 33.9 Å². The molecule has 1 unspecified atom stereocenters. The van der Waals surface area contributed by atoms with Crippen LogP contribution in [0.5, 0.6) is 0 Å². The summed E-state index contributed by atoms with van der Waals surface area (Å²) in [4.78, 5) is 5.67. The first-order valence-electron chi connectivity index (χ1n) is 9.09. The van der Waals surface area contributed by atoms with E-state index < -0.39 is 0 Å². The molecule has 0 radical (unpaired) electrons. The van der Waals surface area contributed by atoms with Gasteiger partial charge in [-0.3, -0.25) is 0 Å². The Hall–Kier alpha value is -1.36. The van der Waals surface area contributed by atoms with Crippen LogP contribution in [0.1, 0.15) is 30.9 Å². The molecule has 0 aliphatic carbocycles. The maximum atomic E-state index is 6.26. The lowest BCUT2D eigenvalue weighted by molar-refractivity contribution is -0.0616. The van der Waals surface area contributed by atoms with Crippen LogP contribution in [0.25, 0.3) is 10.9 Å². The third-order valence-electron chi connectivity index (χ3n) is 4.80. The maximum Gasteiger partial charge on any atom is 0.0622 e. The monoisotopic (exact) mass is 330 g/mol. The van der Waals surface area contributed by atoms with Crippen molar-refractivity contribution < 1.29 is 9.47 Å². The Balaban J connectivity index is 1.71. The smallest absolute Gasteiger partial charge is 0.0622 e. The molecule has 2 heterocycles. The average Bonchev–Trinajstić information content (AvgIpc) is 2.98. The van der Waals surface area contributed by atoms with Crippen LogP contribution in [-0.4, -0.2) is 55.9 Å². The van der Waals surface area contributed by atoms with Crippen LogP contribution in [-0.2, 0) is 22.3 Å². The Labute approximate surface area is 145 Å². The van der Waals surface area contributed by atoms with E-state index >= 15 is 0 Å². The van der Waals surface area contributed by atoms with Gasteiger partial charge in [0.15, 0.2) is 0 Å². The Morgan fingerprint density at radius 3 is 2.79 bits per heavy atom. The number of nitrogens with zero attached hydrogens (tertiary/aromatic N) is 1. The molecular formula is C20H30N2O2. The minimum absolute atomic E-state index is 0.232.